The van der Waals surface area contributed by atoms with Crippen molar-refractivity contribution in [3.05, 3.63) is 36.0 Å². The number of benzene rings is 1. The quantitative estimate of drug-likeness (QED) is 0.695. The van der Waals surface area contributed by atoms with Crippen LogP contribution in [-0.4, -0.2) is 0 Å². The first-order valence-electron chi connectivity index (χ1n) is 4.44. The van der Waals surface area contributed by atoms with E-state index in [2.05, 4.69) is 18.8 Å². The smallest absolute Gasteiger partial charge is 0.0412 e. The Morgan fingerprint density at radius 3 is 2.77 bits per heavy atom. The van der Waals surface area contributed by atoms with Crippen LogP contribution in [0.1, 0.15) is 18.9 Å². The van der Waals surface area contributed by atoms with E-state index in [1.165, 1.54) is 0 Å². The molecule has 0 spiro atoms. The lowest BCUT2D eigenvalue weighted by Gasteiger charge is -2.10. The van der Waals surface area contributed by atoms with Gasteiger partial charge in [0.2, 0.25) is 0 Å². The standard InChI is InChI=1S/C11H16N2/c1-4-9(3)13-11-6-5-10(12)7-8(11)2/h5-7,13H,3-4,12H2,1-2H3. The minimum Gasteiger partial charge on any atom is -0.399 e. The number of nitrogens with one attached hydrogen (secondary N) is 1. The number of allylic oxidation sites excluding steroid dienone is 1. The zero-order valence-corrected chi connectivity index (χ0v) is 8.22. The summed E-state index contributed by atoms with van der Waals surface area (Å²) in [6.07, 6.45) is 0.934. The molecule has 2 nitrogen and oxygen atoms in total. The third-order valence-electron chi connectivity index (χ3n) is 1.99. The summed E-state index contributed by atoms with van der Waals surface area (Å²) in [6.45, 7) is 7.99. The Morgan fingerprint density at radius 2 is 2.23 bits per heavy atom. The molecule has 0 bridgehead atoms. The van der Waals surface area contributed by atoms with Gasteiger partial charge in [0, 0.05) is 17.1 Å². The van der Waals surface area contributed by atoms with E-state index in [0.29, 0.717) is 0 Å². The fraction of sp³-hybridized carbons (Fsp3) is 0.273. The number of nitrogen functional groups attached to an aromatic ring is 1. The van der Waals surface area contributed by atoms with Gasteiger partial charge in [0.05, 0.1) is 0 Å². The summed E-state index contributed by atoms with van der Waals surface area (Å²) >= 11 is 0. The Kier molecular flexibility index (Phi) is 2.96. The van der Waals surface area contributed by atoms with Crippen LogP contribution in [0.5, 0.6) is 0 Å². The molecule has 1 rings (SSSR count). The van der Waals surface area contributed by atoms with Crippen molar-refractivity contribution in [2.24, 2.45) is 0 Å². The van der Waals surface area contributed by atoms with Crippen LogP contribution < -0.4 is 11.1 Å². The van der Waals surface area contributed by atoms with Crippen LogP contribution in [0.2, 0.25) is 0 Å². The number of rotatable bonds is 3. The van der Waals surface area contributed by atoms with Crippen molar-refractivity contribution in [3.8, 4) is 0 Å². The number of aryl methyl sites for hydroxylation is 1. The third-order valence-corrected chi connectivity index (χ3v) is 1.99. The SMILES string of the molecule is C=C(CC)Nc1ccc(N)cc1C. The summed E-state index contributed by atoms with van der Waals surface area (Å²) in [5, 5.41) is 3.24. The predicted octanol–water partition coefficient (Wildman–Crippen LogP) is 2.91. The van der Waals surface area contributed by atoms with E-state index in [-0.39, 0.29) is 0 Å². The number of anilines is 2. The van der Waals surface area contributed by atoms with Crippen LogP contribution in [0, 0.1) is 6.92 Å². The molecule has 70 valence electrons. The van der Waals surface area contributed by atoms with Crippen molar-refractivity contribution in [1.82, 2.24) is 0 Å². The lowest BCUT2D eigenvalue weighted by Crippen LogP contribution is -1.99. The van der Waals surface area contributed by atoms with E-state index in [1.54, 1.807) is 0 Å². The highest BCUT2D eigenvalue weighted by Gasteiger charge is 1.98. The van der Waals surface area contributed by atoms with Gasteiger partial charge in [-0.25, -0.2) is 0 Å². The molecule has 0 amide bonds. The molecule has 0 heterocycles. The van der Waals surface area contributed by atoms with Gasteiger partial charge < -0.3 is 11.1 Å². The van der Waals surface area contributed by atoms with Crippen molar-refractivity contribution in [2.75, 3.05) is 11.1 Å². The maximum atomic E-state index is 5.64. The van der Waals surface area contributed by atoms with Crippen LogP contribution in [0.25, 0.3) is 0 Å². The van der Waals surface area contributed by atoms with Crippen molar-refractivity contribution in [2.45, 2.75) is 20.3 Å². The van der Waals surface area contributed by atoms with Crippen LogP contribution in [0.15, 0.2) is 30.5 Å². The summed E-state index contributed by atoms with van der Waals surface area (Å²) in [5.41, 5.74) is 9.69. The molecule has 2 heteroatoms. The zero-order chi connectivity index (χ0) is 9.84. The number of hydrogen-bond donors (Lipinski definition) is 2. The first kappa shape index (κ1) is 9.65. The van der Waals surface area contributed by atoms with Crippen molar-refractivity contribution >= 4 is 11.4 Å². The molecule has 0 atom stereocenters. The van der Waals surface area contributed by atoms with Crippen LogP contribution in [-0.2, 0) is 0 Å². The van der Waals surface area contributed by atoms with E-state index in [0.717, 1.165) is 29.1 Å². The first-order valence-corrected chi connectivity index (χ1v) is 4.44. The van der Waals surface area contributed by atoms with E-state index in [1.807, 2.05) is 25.1 Å². The molecule has 0 aliphatic carbocycles. The Bertz CT molecular complexity index is 316. The second kappa shape index (κ2) is 3.99. The maximum Gasteiger partial charge on any atom is 0.0412 e. The summed E-state index contributed by atoms with van der Waals surface area (Å²) in [6, 6.07) is 5.81. The lowest BCUT2D eigenvalue weighted by atomic mass is 10.1. The van der Waals surface area contributed by atoms with Gasteiger partial charge in [0.15, 0.2) is 0 Å². The van der Waals surface area contributed by atoms with Crippen molar-refractivity contribution < 1.29 is 0 Å². The van der Waals surface area contributed by atoms with Gasteiger partial charge in [0.1, 0.15) is 0 Å². The summed E-state index contributed by atoms with van der Waals surface area (Å²) < 4.78 is 0. The van der Waals surface area contributed by atoms with Gasteiger partial charge in [-0.1, -0.05) is 13.5 Å². The van der Waals surface area contributed by atoms with Crippen LogP contribution >= 0.6 is 0 Å². The van der Waals surface area contributed by atoms with E-state index < -0.39 is 0 Å². The molecule has 0 aliphatic rings. The molecule has 0 saturated carbocycles. The van der Waals surface area contributed by atoms with Crippen molar-refractivity contribution in [1.29, 1.82) is 0 Å². The van der Waals surface area contributed by atoms with Gasteiger partial charge in [-0.3, -0.25) is 0 Å². The van der Waals surface area contributed by atoms with E-state index >= 15 is 0 Å². The maximum absolute atomic E-state index is 5.64. The van der Waals surface area contributed by atoms with Crippen molar-refractivity contribution in [3.63, 3.8) is 0 Å². The van der Waals surface area contributed by atoms with E-state index in [9.17, 15) is 0 Å². The molecule has 0 fully saturated rings. The van der Waals surface area contributed by atoms with Gasteiger partial charge in [0.25, 0.3) is 0 Å². The number of hydrogen-bond acceptors (Lipinski definition) is 2. The zero-order valence-electron chi connectivity index (χ0n) is 8.22. The van der Waals surface area contributed by atoms with E-state index in [4.69, 9.17) is 5.73 Å². The minimum absolute atomic E-state index is 0.796. The average molecular weight is 176 g/mol. The fourth-order valence-corrected chi connectivity index (χ4v) is 1.11. The Hall–Kier alpha value is -1.44. The predicted molar refractivity (Wildman–Crippen MR) is 58.6 cm³/mol. The molecule has 3 N–H and O–H groups in total. The molecular formula is C11H16N2. The van der Waals surface area contributed by atoms with Gasteiger partial charge in [-0.2, -0.15) is 0 Å². The second-order valence-corrected chi connectivity index (χ2v) is 3.16. The molecule has 1 aromatic rings. The monoisotopic (exact) mass is 176 g/mol. The minimum atomic E-state index is 0.796. The normalized spacial score (nSPS) is 9.69. The van der Waals surface area contributed by atoms with Gasteiger partial charge >= 0.3 is 0 Å². The Labute approximate surface area is 79.5 Å². The highest BCUT2D eigenvalue weighted by Crippen LogP contribution is 2.19. The molecule has 0 unspecified atom stereocenters. The Balaban J connectivity index is 2.83. The largest absolute Gasteiger partial charge is 0.399 e. The molecule has 0 radical (unpaired) electrons. The Morgan fingerprint density at radius 1 is 1.54 bits per heavy atom. The first-order chi connectivity index (χ1) is 6.13. The number of nitrogens with two attached hydrogens (primary N) is 1. The average Bonchev–Trinajstić information content (AvgIpc) is 2.09. The highest BCUT2D eigenvalue weighted by molar-refractivity contribution is 5.59. The third kappa shape index (κ3) is 2.51. The molecule has 13 heavy (non-hydrogen) atoms. The van der Waals surface area contributed by atoms with Crippen LogP contribution in [0.4, 0.5) is 11.4 Å². The lowest BCUT2D eigenvalue weighted by molar-refractivity contribution is 1.11. The molecule has 1 aromatic carbocycles. The topological polar surface area (TPSA) is 38.0 Å². The van der Waals surface area contributed by atoms with Crippen LogP contribution in [0.3, 0.4) is 0 Å². The molecule has 0 aliphatic heterocycles. The highest BCUT2D eigenvalue weighted by atomic mass is 14.9. The molecule has 0 saturated heterocycles. The summed E-state index contributed by atoms with van der Waals surface area (Å²) in [4.78, 5) is 0. The summed E-state index contributed by atoms with van der Waals surface area (Å²) in [5.74, 6) is 0. The van der Waals surface area contributed by atoms with Gasteiger partial charge in [-0.15, -0.1) is 0 Å². The molecule has 0 aromatic heterocycles. The second-order valence-electron chi connectivity index (χ2n) is 3.16. The fourth-order valence-electron chi connectivity index (χ4n) is 1.11. The molecular weight excluding hydrogens is 160 g/mol. The van der Waals surface area contributed by atoms with Gasteiger partial charge in [-0.05, 0) is 37.1 Å². The summed E-state index contributed by atoms with van der Waals surface area (Å²) in [7, 11) is 0.